The highest BCUT2D eigenvalue weighted by molar-refractivity contribution is 6.32. The van der Waals surface area contributed by atoms with Crippen LogP contribution in [0.1, 0.15) is 11.1 Å². The number of benzene rings is 1. The average molecular weight is 265 g/mol. The Bertz CT molecular complexity index is 471. The van der Waals surface area contributed by atoms with Crippen LogP contribution in [-0.2, 0) is 20.7 Å². The molecule has 1 amide bonds. The molecule has 1 aromatic rings. The van der Waals surface area contributed by atoms with Crippen molar-refractivity contribution >= 4 is 11.9 Å². The van der Waals surface area contributed by atoms with Crippen LogP contribution in [0.25, 0.3) is 0 Å². The number of amides is 1. The SMILES string of the molecule is COC(=O)C(=O)N(C)CCc1ccc(OC)c(C)c1. The van der Waals surface area contributed by atoms with Crippen LogP contribution >= 0.6 is 0 Å². The molecule has 104 valence electrons. The Balaban J connectivity index is 2.59. The van der Waals surface area contributed by atoms with E-state index in [1.54, 1.807) is 14.2 Å². The molecule has 0 heterocycles. The fourth-order valence-electron chi connectivity index (χ4n) is 1.74. The Hall–Kier alpha value is -2.04. The third kappa shape index (κ3) is 3.98. The van der Waals surface area contributed by atoms with Gasteiger partial charge in [0.05, 0.1) is 14.2 Å². The normalized spacial score (nSPS) is 9.89. The second-order valence-corrected chi connectivity index (χ2v) is 4.27. The first kappa shape index (κ1) is 15.0. The number of esters is 1. The number of rotatable bonds is 4. The zero-order chi connectivity index (χ0) is 14.4. The van der Waals surface area contributed by atoms with Gasteiger partial charge in [-0.15, -0.1) is 0 Å². The molecule has 0 aromatic heterocycles. The number of carbonyl (C=O) groups excluding carboxylic acids is 2. The van der Waals surface area contributed by atoms with Crippen LogP contribution in [0.4, 0.5) is 0 Å². The van der Waals surface area contributed by atoms with Crippen molar-refractivity contribution in [2.75, 3.05) is 27.8 Å². The van der Waals surface area contributed by atoms with Gasteiger partial charge < -0.3 is 14.4 Å². The number of carbonyl (C=O) groups is 2. The lowest BCUT2D eigenvalue weighted by atomic mass is 10.1. The molecule has 0 radical (unpaired) electrons. The van der Waals surface area contributed by atoms with Crippen molar-refractivity contribution in [2.45, 2.75) is 13.3 Å². The molecule has 0 saturated carbocycles. The Morgan fingerprint density at radius 2 is 1.95 bits per heavy atom. The molecular weight excluding hydrogens is 246 g/mol. The second-order valence-electron chi connectivity index (χ2n) is 4.27. The minimum atomic E-state index is -0.839. The first-order valence-electron chi connectivity index (χ1n) is 5.96. The van der Waals surface area contributed by atoms with Crippen molar-refractivity contribution in [1.82, 2.24) is 4.90 Å². The van der Waals surface area contributed by atoms with Crippen LogP contribution in [0, 0.1) is 6.92 Å². The molecule has 0 atom stereocenters. The highest BCUT2D eigenvalue weighted by Gasteiger charge is 2.18. The topological polar surface area (TPSA) is 55.8 Å². The first-order chi connectivity index (χ1) is 8.99. The molecule has 5 heteroatoms. The summed E-state index contributed by atoms with van der Waals surface area (Å²) >= 11 is 0. The molecule has 0 aliphatic heterocycles. The van der Waals surface area contributed by atoms with Gasteiger partial charge in [-0.2, -0.15) is 0 Å². The number of hydrogen-bond donors (Lipinski definition) is 0. The molecule has 0 aliphatic carbocycles. The Morgan fingerprint density at radius 3 is 2.47 bits per heavy atom. The summed E-state index contributed by atoms with van der Waals surface area (Å²) in [6, 6.07) is 5.85. The molecular formula is C14H19NO4. The van der Waals surface area contributed by atoms with E-state index in [-0.39, 0.29) is 0 Å². The summed E-state index contributed by atoms with van der Waals surface area (Å²) in [5.74, 6) is -0.635. The van der Waals surface area contributed by atoms with Gasteiger partial charge in [0.1, 0.15) is 5.75 Å². The van der Waals surface area contributed by atoms with Gasteiger partial charge in [-0.25, -0.2) is 4.79 Å². The molecule has 0 N–H and O–H groups in total. The third-order valence-corrected chi connectivity index (χ3v) is 2.90. The van der Waals surface area contributed by atoms with Crippen LogP contribution < -0.4 is 4.74 Å². The van der Waals surface area contributed by atoms with E-state index in [1.165, 1.54) is 12.0 Å². The molecule has 0 spiro atoms. The Labute approximate surface area is 113 Å². The second kappa shape index (κ2) is 6.78. The molecule has 0 fully saturated rings. The zero-order valence-corrected chi connectivity index (χ0v) is 11.7. The van der Waals surface area contributed by atoms with Crippen LogP contribution in [0.15, 0.2) is 18.2 Å². The van der Waals surface area contributed by atoms with Crippen LogP contribution in [0.5, 0.6) is 5.75 Å². The fraction of sp³-hybridized carbons (Fsp3) is 0.429. The summed E-state index contributed by atoms with van der Waals surface area (Å²) in [6.45, 7) is 2.42. The summed E-state index contributed by atoms with van der Waals surface area (Å²) in [4.78, 5) is 23.9. The van der Waals surface area contributed by atoms with Crippen molar-refractivity contribution < 1.29 is 19.1 Å². The van der Waals surface area contributed by atoms with Crippen LogP contribution in [0.3, 0.4) is 0 Å². The van der Waals surface area contributed by atoms with Crippen molar-refractivity contribution in [3.63, 3.8) is 0 Å². The predicted octanol–water partition coefficient (Wildman–Crippen LogP) is 1.18. The summed E-state index contributed by atoms with van der Waals surface area (Å²) in [5, 5.41) is 0. The molecule has 1 rings (SSSR count). The smallest absolute Gasteiger partial charge is 0.396 e. The fourth-order valence-corrected chi connectivity index (χ4v) is 1.74. The lowest BCUT2D eigenvalue weighted by molar-refractivity contribution is -0.157. The van der Waals surface area contributed by atoms with Gasteiger partial charge in [-0.1, -0.05) is 12.1 Å². The number of hydrogen-bond acceptors (Lipinski definition) is 4. The monoisotopic (exact) mass is 265 g/mol. The van der Waals surface area contributed by atoms with Crippen molar-refractivity contribution in [3.05, 3.63) is 29.3 Å². The highest BCUT2D eigenvalue weighted by atomic mass is 16.5. The summed E-state index contributed by atoms with van der Waals surface area (Å²) in [7, 11) is 4.40. The Morgan fingerprint density at radius 1 is 1.26 bits per heavy atom. The van der Waals surface area contributed by atoms with E-state index in [4.69, 9.17) is 4.74 Å². The lowest BCUT2D eigenvalue weighted by Gasteiger charge is -2.15. The van der Waals surface area contributed by atoms with E-state index < -0.39 is 11.9 Å². The maximum absolute atomic E-state index is 11.5. The number of aryl methyl sites for hydroxylation is 1. The highest BCUT2D eigenvalue weighted by Crippen LogP contribution is 2.18. The number of nitrogens with zero attached hydrogens (tertiary/aromatic N) is 1. The van der Waals surface area contributed by atoms with Gasteiger partial charge in [0, 0.05) is 13.6 Å². The van der Waals surface area contributed by atoms with E-state index in [1.807, 2.05) is 25.1 Å². The molecule has 0 unspecified atom stereocenters. The van der Waals surface area contributed by atoms with Gasteiger partial charge in [0.2, 0.25) is 0 Å². The minimum Gasteiger partial charge on any atom is -0.496 e. The van der Waals surface area contributed by atoms with Crippen molar-refractivity contribution in [1.29, 1.82) is 0 Å². The quantitative estimate of drug-likeness (QED) is 0.606. The largest absolute Gasteiger partial charge is 0.496 e. The van der Waals surface area contributed by atoms with Gasteiger partial charge >= 0.3 is 11.9 Å². The van der Waals surface area contributed by atoms with E-state index in [9.17, 15) is 9.59 Å². The standard InChI is InChI=1S/C14H19NO4/c1-10-9-11(5-6-12(10)18-3)7-8-15(2)13(16)14(17)19-4/h5-6,9H,7-8H2,1-4H3. The summed E-state index contributed by atoms with van der Waals surface area (Å²) < 4.78 is 9.57. The van der Waals surface area contributed by atoms with E-state index in [0.29, 0.717) is 13.0 Å². The third-order valence-electron chi connectivity index (χ3n) is 2.90. The predicted molar refractivity (Wildman–Crippen MR) is 71.1 cm³/mol. The number of likely N-dealkylation sites (N-methyl/N-ethyl adjacent to an activating group) is 1. The van der Waals surface area contributed by atoms with Crippen molar-refractivity contribution in [2.24, 2.45) is 0 Å². The van der Waals surface area contributed by atoms with Gasteiger partial charge in [0.25, 0.3) is 0 Å². The van der Waals surface area contributed by atoms with E-state index in [0.717, 1.165) is 16.9 Å². The molecule has 0 saturated heterocycles. The Kier molecular flexibility index (Phi) is 5.36. The number of ether oxygens (including phenoxy) is 2. The summed E-state index contributed by atoms with van der Waals surface area (Å²) in [5.41, 5.74) is 2.13. The molecule has 0 bridgehead atoms. The minimum absolute atomic E-state index is 0.458. The van der Waals surface area contributed by atoms with Gasteiger partial charge in [0.15, 0.2) is 0 Å². The van der Waals surface area contributed by atoms with E-state index >= 15 is 0 Å². The molecule has 1 aromatic carbocycles. The average Bonchev–Trinajstić information content (AvgIpc) is 2.43. The zero-order valence-electron chi connectivity index (χ0n) is 11.7. The van der Waals surface area contributed by atoms with Gasteiger partial charge in [-0.05, 0) is 30.5 Å². The first-order valence-corrected chi connectivity index (χ1v) is 5.96. The van der Waals surface area contributed by atoms with E-state index in [2.05, 4.69) is 4.74 Å². The molecule has 5 nitrogen and oxygen atoms in total. The maximum atomic E-state index is 11.5. The number of methoxy groups -OCH3 is 2. The molecule has 0 aliphatic rings. The molecule has 19 heavy (non-hydrogen) atoms. The lowest BCUT2D eigenvalue weighted by Crippen LogP contribution is -2.35. The van der Waals surface area contributed by atoms with Crippen LogP contribution in [-0.4, -0.2) is 44.6 Å². The van der Waals surface area contributed by atoms with Crippen molar-refractivity contribution in [3.8, 4) is 5.75 Å². The maximum Gasteiger partial charge on any atom is 0.396 e. The van der Waals surface area contributed by atoms with Gasteiger partial charge in [-0.3, -0.25) is 4.79 Å². The summed E-state index contributed by atoms with van der Waals surface area (Å²) in [6.07, 6.45) is 0.671. The van der Waals surface area contributed by atoms with Crippen LogP contribution in [0.2, 0.25) is 0 Å².